The Morgan fingerprint density at radius 3 is 2.42 bits per heavy atom. The van der Waals surface area contributed by atoms with Crippen LogP contribution in [0.25, 0.3) is 0 Å². The molecule has 1 aliphatic heterocycles. The molecule has 0 amide bonds. The van der Waals surface area contributed by atoms with Crippen molar-refractivity contribution in [2.75, 3.05) is 18.9 Å². The maximum absolute atomic E-state index is 11.1. The van der Waals surface area contributed by atoms with Crippen molar-refractivity contribution in [1.29, 1.82) is 0 Å². The molecule has 26 heavy (non-hydrogen) atoms. The number of nitrogens with one attached hydrogen (secondary N) is 1. The van der Waals surface area contributed by atoms with Crippen molar-refractivity contribution in [3.63, 3.8) is 0 Å². The number of nitrogens with zero attached hydrogens (tertiary/aromatic N) is 1. The highest BCUT2D eigenvalue weighted by Crippen LogP contribution is 2.46. The van der Waals surface area contributed by atoms with Gasteiger partial charge in [0.05, 0.1) is 0 Å². The molecule has 138 valence electrons. The number of rotatable bonds is 4. The highest BCUT2D eigenvalue weighted by Gasteiger charge is 2.42. The Bertz CT molecular complexity index is 700. The number of fused-ring (bicyclic) bond motifs is 1. The molecule has 1 aliphatic carbocycles. The molecule has 4 atom stereocenters. The highest BCUT2D eigenvalue weighted by atomic mass is 16.3. The largest absolute Gasteiger partial charge is 0.388 e. The van der Waals surface area contributed by atoms with E-state index in [1.165, 1.54) is 31.2 Å². The van der Waals surface area contributed by atoms with Crippen LogP contribution >= 0.6 is 0 Å². The van der Waals surface area contributed by atoms with Crippen molar-refractivity contribution in [2.45, 2.75) is 50.3 Å². The van der Waals surface area contributed by atoms with Gasteiger partial charge in [0.1, 0.15) is 6.23 Å². The molecule has 0 bridgehead atoms. The number of piperidine rings is 1. The van der Waals surface area contributed by atoms with E-state index in [2.05, 4.69) is 52.7 Å². The average Bonchev–Trinajstić information content (AvgIpc) is 2.73. The van der Waals surface area contributed by atoms with E-state index >= 15 is 0 Å². The van der Waals surface area contributed by atoms with Crippen molar-refractivity contribution in [3.05, 3.63) is 65.7 Å². The Morgan fingerprint density at radius 1 is 0.962 bits per heavy atom. The van der Waals surface area contributed by atoms with Crippen molar-refractivity contribution in [1.82, 2.24) is 4.90 Å². The summed E-state index contributed by atoms with van der Waals surface area (Å²) in [5.74, 6) is 1.29. The maximum atomic E-state index is 11.1. The minimum atomic E-state index is -0.497. The minimum absolute atomic E-state index is 0.488. The monoisotopic (exact) mass is 350 g/mol. The second-order valence-corrected chi connectivity index (χ2v) is 7.81. The van der Waals surface area contributed by atoms with Crippen LogP contribution in [0.3, 0.4) is 0 Å². The van der Waals surface area contributed by atoms with Gasteiger partial charge in [-0.2, -0.15) is 0 Å². The number of likely N-dealkylation sites (tertiary alicyclic amines) is 1. The number of benzene rings is 2. The molecular weight excluding hydrogens is 320 g/mol. The molecule has 0 radical (unpaired) electrons. The molecule has 2 aliphatic rings. The summed E-state index contributed by atoms with van der Waals surface area (Å²) in [6.45, 7) is 0.968. The van der Waals surface area contributed by atoms with Crippen LogP contribution in [0.2, 0.25) is 0 Å². The van der Waals surface area contributed by atoms with Gasteiger partial charge in [-0.15, -0.1) is 0 Å². The topological polar surface area (TPSA) is 35.5 Å². The first-order valence-corrected chi connectivity index (χ1v) is 10.0. The minimum Gasteiger partial charge on any atom is -0.388 e. The molecule has 2 aromatic rings. The van der Waals surface area contributed by atoms with E-state index in [9.17, 15) is 5.11 Å². The third-order valence-corrected chi connectivity index (χ3v) is 6.46. The Kier molecular flexibility index (Phi) is 5.28. The molecule has 0 aromatic heterocycles. The average molecular weight is 351 g/mol. The zero-order chi connectivity index (χ0) is 17.9. The lowest BCUT2D eigenvalue weighted by Gasteiger charge is -2.50. The van der Waals surface area contributed by atoms with E-state index in [-0.39, 0.29) is 0 Å². The molecule has 4 rings (SSSR count). The van der Waals surface area contributed by atoms with Crippen LogP contribution < -0.4 is 5.32 Å². The fraction of sp³-hybridized carbons (Fsp3) is 0.478. The number of anilines is 1. The standard InChI is InChI=1S/C23H30N2O/c1-24-19-13-11-18(12-14-19)23(26)25-16-15-20(17-7-3-2-4-8-17)21-9-5-6-10-22(21)25/h2-4,7-8,11-14,20-24,26H,5-6,9-10,15-16H2,1H3/t20-,21-,22+,23?/m0/s1. The van der Waals surface area contributed by atoms with Crippen molar-refractivity contribution in [3.8, 4) is 0 Å². The quantitative estimate of drug-likeness (QED) is 0.834. The van der Waals surface area contributed by atoms with E-state index in [0.717, 1.165) is 24.2 Å². The van der Waals surface area contributed by atoms with Crippen molar-refractivity contribution < 1.29 is 5.11 Å². The number of hydrogen-bond donors (Lipinski definition) is 2. The molecule has 2 aromatic carbocycles. The summed E-state index contributed by atoms with van der Waals surface area (Å²) in [5, 5.41) is 14.3. The third-order valence-electron chi connectivity index (χ3n) is 6.46. The van der Waals surface area contributed by atoms with Gasteiger partial charge in [-0.1, -0.05) is 55.3 Å². The van der Waals surface area contributed by atoms with E-state index in [1.54, 1.807) is 0 Å². The van der Waals surface area contributed by atoms with Gasteiger partial charge in [-0.05, 0) is 54.4 Å². The predicted octanol–water partition coefficient (Wildman–Crippen LogP) is 4.77. The molecular formula is C23H30N2O. The van der Waals surface area contributed by atoms with Gasteiger partial charge in [0.15, 0.2) is 0 Å². The number of aliphatic hydroxyl groups excluding tert-OH is 1. The molecule has 0 spiro atoms. The fourth-order valence-electron chi connectivity index (χ4n) is 5.12. The van der Waals surface area contributed by atoms with Crippen LogP contribution in [0.4, 0.5) is 5.69 Å². The normalized spacial score (nSPS) is 27.5. The van der Waals surface area contributed by atoms with E-state index < -0.39 is 6.23 Å². The second kappa shape index (κ2) is 7.81. The lowest BCUT2D eigenvalue weighted by Crippen LogP contribution is -2.51. The van der Waals surface area contributed by atoms with Crippen molar-refractivity contribution >= 4 is 5.69 Å². The smallest absolute Gasteiger partial charge is 0.133 e. The highest BCUT2D eigenvalue weighted by molar-refractivity contribution is 5.44. The number of aliphatic hydroxyl groups is 1. The summed E-state index contributed by atoms with van der Waals surface area (Å²) in [5.41, 5.74) is 3.57. The first kappa shape index (κ1) is 17.6. The molecule has 1 saturated carbocycles. The Hall–Kier alpha value is -1.84. The van der Waals surface area contributed by atoms with Gasteiger partial charge in [-0.3, -0.25) is 4.90 Å². The molecule has 1 saturated heterocycles. The van der Waals surface area contributed by atoms with Crippen LogP contribution in [0.5, 0.6) is 0 Å². The fourth-order valence-corrected chi connectivity index (χ4v) is 5.12. The lowest BCUT2D eigenvalue weighted by atomic mass is 9.69. The van der Waals surface area contributed by atoms with E-state index in [4.69, 9.17) is 0 Å². The molecule has 2 N–H and O–H groups in total. The molecule has 1 unspecified atom stereocenters. The SMILES string of the molecule is CNc1ccc(C(O)N2CC[C@@H](c3ccccc3)[C@@H]3CCCC[C@H]32)cc1. The van der Waals surface area contributed by atoms with E-state index in [1.807, 2.05) is 19.2 Å². The van der Waals surface area contributed by atoms with Crippen LogP contribution in [-0.4, -0.2) is 29.6 Å². The molecule has 3 heteroatoms. The Morgan fingerprint density at radius 2 is 1.69 bits per heavy atom. The summed E-state index contributed by atoms with van der Waals surface area (Å²) >= 11 is 0. The van der Waals surface area contributed by atoms with Gasteiger partial charge in [0, 0.05) is 25.3 Å². The summed E-state index contributed by atoms with van der Waals surface area (Å²) in [4.78, 5) is 2.37. The summed E-state index contributed by atoms with van der Waals surface area (Å²) < 4.78 is 0. The zero-order valence-electron chi connectivity index (χ0n) is 15.6. The second-order valence-electron chi connectivity index (χ2n) is 7.81. The van der Waals surface area contributed by atoms with Crippen LogP contribution in [0.1, 0.15) is 55.4 Å². The predicted molar refractivity (Wildman–Crippen MR) is 107 cm³/mol. The third kappa shape index (κ3) is 3.38. The number of hydrogen-bond acceptors (Lipinski definition) is 3. The Labute approximate surface area is 157 Å². The lowest BCUT2D eigenvalue weighted by molar-refractivity contribution is -0.0793. The van der Waals surface area contributed by atoms with Crippen LogP contribution in [-0.2, 0) is 0 Å². The summed E-state index contributed by atoms with van der Waals surface area (Å²) in [6.07, 6.45) is 5.74. The molecule has 3 nitrogen and oxygen atoms in total. The molecule has 2 fully saturated rings. The Balaban J connectivity index is 1.56. The zero-order valence-corrected chi connectivity index (χ0v) is 15.6. The summed E-state index contributed by atoms with van der Waals surface area (Å²) in [7, 11) is 1.92. The van der Waals surface area contributed by atoms with Crippen LogP contribution in [0.15, 0.2) is 54.6 Å². The molecule has 1 heterocycles. The van der Waals surface area contributed by atoms with Gasteiger partial charge in [0.25, 0.3) is 0 Å². The maximum Gasteiger partial charge on any atom is 0.133 e. The van der Waals surface area contributed by atoms with Crippen LogP contribution in [0, 0.1) is 5.92 Å². The van der Waals surface area contributed by atoms with Gasteiger partial charge in [-0.25, -0.2) is 0 Å². The van der Waals surface area contributed by atoms with Gasteiger partial charge in [0.2, 0.25) is 0 Å². The van der Waals surface area contributed by atoms with Gasteiger partial charge < -0.3 is 10.4 Å². The first-order chi connectivity index (χ1) is 12.8. The van der Waals surface area contributed by atoms with E-state index in [0.29, 0.717) is 17.9 Å². The summed E-state index contributed by atoms with van der Waals surface area (Å²) in [6, 6.07) is 19.7. The van der Waals surface area contributed by atoms with Gasteiger partial charge >= 0.3 is 0 Å². The van der Waals surface area contributed by atoms with Crippen molar-refractivity contribution in [2.24, 2.45) is 5.92 Å². The first-order valence-electron chi connectivity index (χ1n) is 10.0.